The third-order valence-corrected chi connectivity index (χ3v) is 3.41. The molecule has 1 aliphatic carbocycles. The SMILES string of the molecule is Cc1nn(C)cc1C1CC(=O)C1(C)C. The van der Waals surface area contributed by atoms with Crippen LogP contribution in [0.25, 0.3) is 0 Å². The van der Waals surface area contributed by atoms with Gasteiger partial charge in [-0.25, -0.2) is 0 Å². The predicted molar refractivity (Wildman–Crippen MR) is 54.1 cm³/mol. The Kier molecular flexibility index (Phi) is 1.81. The van der Waals surface area contributed by atoms with Crippen LogP contribution in [0, 0.1) is 12.3 Å². The highest BCUT2D eigenvalue weighted by molar-refractivity contribution is 5.92. The van der Waals surface area contributed by atoms with E-state index in [4.69, 9.17) is 0 Å². The Hall–Kier alpha value is -1.12. The molecule has 0 radical (unpaired) electrons. The molecule has 3 nitrogen and oxygen atoms in total. The second-order valence-electron chi connectivity index (χ2n) is 4.75. The maximum atomic E-state index is 11.4. The summed E-state index contributed by atoms with van der Waals surface area (Å²) in [5, 5.41) is 4.31. The quantitative estimate of drug-likeness (QED) is 0.680. The fourth-order valence-electron chi connectivity index (χ4n) is 2.23. The molecule has 0 bridgehead atoms. The van der Waals surface area contributed by atoms with Crippen molar-refractivity contribution in [1.29, 1.82) is 0 Å². The molecule has 76 valence electrons. The second kappa shape index (κ2) is 2.69. The maximum absolute atomic E-state index is 11.4. The Morgan fingerprint density at radius 1 is 1.57 bits per heavy atom. The predicted octanol–water partition coefficient (Wildman–Crippen LogP) is 1.81. The van der Waals surface area contributed by atoms with Crippen molar-refractivity contribution in [2.24, 2.45) is 12.5 Å². The van der Waals surface area contributed by atoms with Crippen LogP contribution >= 0.6 is 0 Å². The lowest BCUT2D eigenvalue weighted by Gasteiger charge is -2.42. The van der Waals surface area contributed by atoms with Crippen LogP contribution in [0.2, 0.25) is 0 Å². The van der Waals surface area contributed by atoms with E-state index < -0.39 is 0 Å². The van der Waals surface area contributed by atoms with E-state index in [-0.39, 0.29) is 5.41 Å². The van der Waals surface area contributed by atoms with Gasteiger partial charge in [0, 0.05) is 31.0 Å². The van der Waals surface area contributed by atoms with Crippen molar-refractivity contribution in [3.8, 4) is 0 Å². The molecule has 0 N–H and O–H groups in total. The standard InChI is InChI=1S/C11H16N2O/c1-7-8(6-13(4)12-7)9-5-10(14)11(9,2)3/h6,9H,5H2,1-4H3. The van der Waals surface area contributed by atoms with Gasteiger partial charge in [0.1, 0.15) is 5.78 Å². The Morgan fingerprint density at radius 3 is 2.57 bits per heavy atom. The molecule has 1 unspecified atom stereocenters. The monoisotopic (exact) mass is 192 g/mol. The van der Waals surface area contributed by atoms with Gasteiger partial charge in [-0.15, -0.1) is 0 Å². The molecular formula is C11H16N2O. The van der Waals surface area contributed by atoms with E-state index in [0.717, 1.165) is 5.69 Å². The first kappa shape index (κ1) is 9.44. The number of aryl methyl sites for hydroxylation is 2. The van der Waals surface area contributed by atoms with Crippen LogP contribution < -0.4 is 0 Å². The number of carbonyl (C=O) groups is 1. The highest BCUT2D eigenvalue weighted by Gasteiger charge is 2.48. The fourth-order valence-corrected chi connectivity index (χ4v) is 2.23. The van der Waals surface area contributed by atoms with Crippen LogP contribution in [0.3, 0.4) is 0 Å². The largest absolute Gasteiger partial charge is 0.299 e. The zero-order valence-corrected chi connectivity index (χ0v) is 9.16. The van der Waals surface area contributed by atoms with Crippen molar-refractivity contribution >= 4 is 5.78 Å². The first-order valence-electron chi connectivity index (χ1n) is 4.96. The van der Waals surface area contributed by atoms with Crippen molar-refractivity contribution in [3.05, 3.63) is 17.5 Å². The molecule has 1 aliphatic rings. The Bertz CT molecular complexity index is 390. The van der Waals surface area contributed by atoms with Crippen LogP contribution in [0.15, 0.2) is 6.20 Å². The molecule has 14 heavy (non-hydrogen) atoms. The number of Topliss-reactive ketones (excluding diaryl/α,β-unsaturated/α-hetero) is 1. The number of hydrogen-bond acceptors (Lipinski definition) is 2. The van der Waals surface area contributed by atoms with Crippen molar-refractivity contribution < 1.29 is 4.79 Å². The van der Waals surface area contributed by atoms with E-state index in [1.165, 1.54) is 5.56 Å². The summed E-state index contributed by atoms with van der Waals surface area (Å²) in [4.78, 5) is 11.4. The van der Waals surface area contributed by atoms with Crippen LogP contribution in [-0.2, 0) is 11.8 Å². The lowest BCUT2D eigenvalue weighted by atomic mass is 9.59. The highest BCUT2D eigenvalue weighted by atomic mass is 16.1. The molecule has 0 saturated heterocycles. The van der Waals surface area contributed by atoms with Gasteiger partial charge in [-0.1, -0.05) is 13.8 Å². The highest BCUT2D eigenvalue weighted by Crippen LogP contribution is 2.49. The van der Waals surface area contributed by atoms with E-state index in [1.54, 1.807) is 0 Å². The van der Waals surface area contributed by atoms with Gasteiger partial charge >= 0.3 is 0 Å². The molecule has 1 aromatic heterocycles. The van der Waals surface area contributed by atoms with E-state index in [2.05, 4.69) is 5.10 Å². The Balaban J connectivity index is 2.34. The maximum Gasteiger partial charge on any atom is 0.139 e. The fraction of sp³-hybridized carbons (Fsp3) is 0.636. The molecule has 1 heterocycles. The molecule has 1 atom stereocenters. The van der Waals surface area contributed by atoms with Gasteiger partial charge in [0.15, 0.2) is 0 Å². The summed E-state index contributed by atoms with van der Waals surface area (Å²) >= 11 is 0. The molecule has 0 aromatic carbocycles. The topological polar surface area (TPSA) is 34.9 Å². The average molecular weight is 192 g/mol. The lowest BCUT2D eigenvalue weighted by molar-refractivity contribution is -0.137. The number of hydrogen-bond donors (Lipinski definition) is 0. The second-order valence-corrected chi connectivity index (χ2v) is 4.75. The zero-order valence-electron chi connectivity index (χ0n) is 9.16. The molecule has 3 heteroatoms. The summed E-state index contributed by atoms with van der Waals surface area (Å²) in [5.74, 6) is 0.731. The Labute approximate surface area is 84.1 Å². The summed E-state index contributed by atoms with van der Waals surface area (Å²) in [6.45, 7) is 6.06. The molecule has 1 fully saturated rings. The van der Waals surface area contributed by atoms with E-state index >= 15 is 0 Å². The minimum absolute atomic E-state index is 0.187. The molecule has 1 saturated carbocycles. The van der Waals surface area contributed by atoms with Gasteiger partial charge in [0.05, 0.1) is 5.69 Å². The molecule has 2 rings (SSSR count). The van der Waals surface area contributed by atoms with Gasteiger partial charge < -0.3 is 0 Å². The minimum Gasteiger partial charge on any atom is -0.299 e. The van der Waals surface area contributed by atoms with E-state index in [1.807, 2.05) is 38.7 Å². The zero-order chi connectivity index (χ0) is 10.5. The van der Waals surface area contributed by atoms with Gasteiger partial charge in [0.25, 0.3) is 0 Å². The first-order valence-corrected chi connectivity index (χ1v) is 4.96. The summed E-state index contributed by atoms with van der Waals surface area (Å²) in [6.07, 6.45) is 2.72. The summed E-state index contributed by atoms with van der Waals surface area (Å²) in [5.41, 5.74) is 2.10. The van der Waals surface area contributed by atoms with Crippen LogP contribution in [-0.4, -0.2) is 15.6 Å². The van der Waals surface area contributed by atoms with E-state index in [9.17, 15) is 4.79 Å². The number of aromatic nitrogens is 2. The third kappa shape index (κ3) is 1.11. The van der Waals surface area contributed by atoms with Gasteiger partial charge in [0.2, 0.25) is 0 Å². The first-order chi connectivity index (χ1) is 6.43. The van der Waals surface area contributed by atoms with Crippen LogP contribution in [0.1, 0.15) is 37.4 Å². The average Bonchev–Trinajstić information content (AvgIpc) is 2.40. The third-order valence-electron chi connectivity index (χ3n) is 3.41. The van der Waals surface area contributed by atoms with Gasteiger partial charge in [-0.05, 0) is 12.5 Å². The van der Waals surface area contributed by atoms with E-state index in [0.29, 0.717) is 18.1 Å². The molecule has 1 aromatic rings. The minimum atomic E-state index is -0.187. The lowest BCUT2D eigenvalue weighted by Crippen LogP contribution is -2.43. The van der Waals surface area contributed by atoms with Crippen molar-refractivity contribution in [2.45, 2.75) is 33.1 Å². The van der Waals surface area contributed by atoms with Crippen molar-refractivity contribution in [2.75, 3.05) is 0 Å². The molecular weight excluding hydrogens is 176 g/mol. The van der Waals surface area contributed by atoms with Crippen LogP contribution in [0.4, 0.5) is 0 Å². The molecule has 0 aliphatic heterocycles. The summed E-state index contributed by atoms with van der Waals surface area (Å²) in [7, 11) is 1.92. The number of nitrogens with zero attached hydrogens (tertiary/aromatic N) is 2. The number of rotatable bonds is 1. The van der Waals surface area contributed by atoms with Crippen molar-refractivity contribution in [1.82, 2.24) is 9.78 Å². The Morgan fingerprint density at radius 2 is 2.21 bits per heavy atom. The molecule has 0 spiro atoms. The van der Waals surface area contributed by atoms with Gasteiger partial charge in [-0.3, -0.25) is 9.48 Å². The number of carbonyl (C=O) groups excluding carboxylic acids is 1. The normalized spacial score (nSPS) is 24.9. The van der Waals surface area contributed by atoms with Gasteiger partial charge in [-0.2, -0.15) is 5.10 Å². The molecule has 0 amide bonds. The summed E-state index contributed by atoms with van der Waals surface area (Å²) < 4.78 is 1.82. The van der Waals surface area contributed by atoms with Crippen molar-refractivity contribution in [3.63, 3.8) is 0 Å². The van der Waals surface area contributed by atoms with Crippen LogP contribution in [0.5, 0.6) is 0 Å². The number of ketones is 1. The summed E-state index contributed by atoms with van der Waals surface area (Å²) in [6, 6.07) is 0. The smallest absolute Gasteiger partial charge is 0.139 e.